The van der Waals surface area contributed by atoms with Gasteiger partial charge in [-0.3, -0.25) is 0 Å². The minimum Gasteiger partial charge on any atom is -0.475 e. The number of hydrogen-bond acceptors (Lipinski definition) is 6. The van der Waals surface area contributed by atoms with Gasteiger partial charge in [0.15, 0.2) is 0 Å². The van der Waals surface area contributed by atoms with Crippen LogP contribution in [0.15, 0.2) is 42.6 Å². The van der Waals surface area contributed by atoms with Gasteiger partial charge in [0.05, 0.1) is 12.3 Å². The molecule has 0 saturated heterocycles. The molecule has 1 heterocycles. The fourth-order valence-corrected chi connectivity index (χ4v) is 1.63. The first kappa shape index (κ1) is 15.0. The summed E-state index contributed by atoms with van der Waals surface area (Å²) in [5.41, 5.74) is 4.91. The van der Waals surface area contributed by atoms with Crippen LogP contribution in [0, 0.1) is 0 Å². The largest absolute Gasteiger partial charge is 0.475 e. The van der Waals surface area contributed by atoms with Crippen LogP contribution in [-0.2, 0) is 4.99 Å². The van der Waals surface area contributed by atoms with Crippen molar-refractivity contribution in [2.24, 2.45) is 0 Å². The summed E-state index contributed by atoms with van der Waals surface area (Å²) in [4.78, 5) is 7.96. The Morgan fingerprint density at radius 2 is 1.76 bits per heavy atom. The van der Waals surface area contributed by atoms with Gasteiger partial charge in [-0.25, -0.2) is 15.7 Å². The van der Waals surface area contributed by atoms with Crippen molar-refractivity contribution >= 4 is 17.8 Å². The molecule has 2 rings (SSSR count). The molecule has 0 aliphatic heterocycles. The second-order valence-corrected chi connectivity index (χ2v) is 4.15. The molecule has 0 radical (unpaired) electrons. The summed E-state index contributed by atoms with van der Waals surface area (Å²) in [5, 5.41) is 16.9. The maximum Gasteiger partial charge on any atom is 0.213 e. The van der Waals surface area contributed by atoms with Gasteiger partial charge in [0.25, 0.3) is 0 Å². The van der Waals surface area contributed by atoms with Crippen LogP contribution in [-0.4, -0.2) is 28.6 Å². The van der Waals surface area contributed by atoms with Crippen LogP contribution < -0.4 is 10.2 Å². The van der Waals surface area contributed by atoms with Crippen molar-refractivity contribution < 1.29 is 20.1 Å². The van der Waals surface area contributed by atoms with Gasteiger partial charge in [-0.15, -0.1) is 4.99 Å². The van der Waals surface area contributed by atoms with Crippen molar-refractivity contribution in [3.05, 3.63) is 53.7 Å². The maximum absolute atomic E-state index is 8.66. The highest BCUT2D eigenvalue weighted by Crippen LogP contribution is 2.13. The topological polar surface area (TPSA) is 83.8 Å². The highest BCUT2D eigenvalue weighted by atomic mass is 17.2. The fraction of sp³-hybridized carbons (Fsp3) is 0.133. The number of rotatable bonds is 7. The lowest BCUT2D eigenvalue weighted by Crippen LogP contribution is -2.02. The van der Waals surface area contributed by atoms with E-state index in [9.17, 15) is 0 Å². The van der Waals surface area contributed by atoms with Gasteiger partial charge in [0.2, 0.25) is 5.88 Å². The molecule has 110 valence electrons. The summed E-state index contributed by atoms with van der Waals surface area (Å²) >= 11 is 0. The van der Waals surface area contributed by atoms with Crippen LogP contribution in [0.25, 0.3) is 12.2 Å². The number of benzene rings is 1. The quantitative estimate of drug-likeness (QED) is 0.536. The monoisotopic (exact) mass is 288 g/mol. The Bertz CT molecular complexity index is 567. The van der Waals surface area contributed by atoms with Crippen LogP contribution in [0.5, 0.6) is 5.88 Å². The molecule has 1 aromatic heterocycles. The molecule has 0 spiro atoms. The summed E-state index contributed by atoms with van der Waals surface area (Å²) in [7, 11) is 0. The van der Waals surface area contributed by atoms with E-state index in [1.165, 1.54) is 0 Å². The molecule has 0 aliphatic rings. The highest BCUT2D eigenvalue weighted by Gasteiger charge is 1.95. The number of aliphatic hydroxyl groups is 1. The molecule has 0 fully saturated rings. The molecule has 6 nitrogen and oxygen atoms in total. The van der Waals surface area contributed by atoms with Gasteiger partial charge in [-0.1, -0.05) is 24.3 Å². The minimum absolute atomic E-state index is 0.0322. The molecule has 0 bridgehead atoms. The molecule has 0 unspecified atom stereocenters. The van der Waals surface area contributed by atoms with Crippen molar-refractivity contribution in [2.45, 2.75) is 0 Å². The van der Waals surface area contributed by atoms with Crippen LogP contribution in [0.4, 0.5) is 5.69 Å². The fourth-order valence-electron chi connectivity index (χ4n) is 1.63. The van der Waals surface area contributed by atoms with Crippen LogP contribution in [0.3, 0.4) is 0 Å². The van der Waals surface area contributed by atoms with Gasteiger partial charge in [-0.2, -0.15) is 0 Å². The number of nitrogens with zero attached hydrogens (tertiary/aromatic N) is 1. The van der Waals surface area contributed by atoms with E-state index in [0.717, 1.165) is 11.1 Å². The Balaban J connectivity index is 1.96. The average molecular weight is 288 g/mol. The first-order valence-corrected chi connectivity index (χ1v) is 6.36. The maximum atomic E-state index is 8.66. The molecule has 0 saturated carbocycles. The predicted octanol–water partition coefficient (Wildman–Crippen LogP) is 2.44. The van der Waals surface area contributed by atoms with Crippen LogP contribution in [0.1, 0.15) is 11.1 Å². The lowest BCUT2D eigenvalue weighted by atomic mass is 10.1. The van der Waals surface area contributed by atoms with Gasteiger partial charge in [0, 0.05) is 12.3 Å². The second kappa shape index (κ2) is 8.01. The Morgan fingerprint density at radius 3 is 2.38 bits per heavy atom. The van der Waals surface area contributed by atoms with E-state index in [-0.39, 0.29) is 13.2 Å². The predicted molar refractivity (Wildman–Crippen MR) is 79.5 cm³/mol. The Kier molecular flexibility index (Phi) is 5.71. The Morgan fingerprint density at radius 1 is 1.05 bits per heavy atom. The van der Waals surface area contributed by atoms with E-state index in [1.807, 2.05) is 30.4 Å². The minimum atomic E-state index is -0.0322. The number of ether oxygens (including phenoxy) is 1. The van der Waals surface area contributed by atoms with E-state index < -0.39 is 0 Å². The summed E-state index contributed by atoms with van der Waals surface area (Å²) in [5.74, 6) is 0.487. The van der Waals surface area contributed by atoms with Crippen LogP contribution in [0.2, 0.25) is 0 Å². The molecule has 0 aliphatic carbocycles. The lowest BCUT2D eigenvalue weighted by molar-refractivity contribution is -0.215. The average Bonchev–Trinajstić information content (AvgIpc) is 2.53. The molecule has 0 amide bonds. The third kappa shape index (κ3) is 4.88. The second-order valence-electron chi connectivity index (χ2n) is 4.15. The van der Waals surface area contributed by atoms with E-state index in [4.69, 9.17) is 15.1 Å². The van der Waals surface area contributed by atoms with Gasteiger partial charge < -0.3 is 9.84 Å². The first-order chi connectivity index (χ1) is 10.3. The lowest BCUT2D eigenvalue weighted by Gasteiger charge is -2.02. The van der Waals surface area contributed by atoms with Crippen molar-refractivity contribution in [1.29, 1.82) is 0 Å². The Hall–Kier alpha value is -2.41. The smallest absolute Gasteiger partial charge is 0.213 e. The zero-order chi connectivity index (χ0) is 14.9. The van der Waals surface area contributed by atoms with Crippen molar-refractivity contribution in [2.75, 3.05) is 18.7 Å². The molecule has 6 heteroatoms. The molecule has 3 N–H and O–H groups in total. The summed E-state index contributed by atoms with van der Waals surface area (Å²) < 4.78 is 5.18. The Labute approximate surface area is 122 Å². The molecular weight excluding hydrogens is 272 g/mol. The number of pyridine rings is 1. The number of aliphatic hydroxyl groups excluding tert-OH is 1. The van der Waals surface area contributed by atoms with Crippen molar-refractivity contribution in [3.63, 3.8) is 0 Å². The summed E-state index contributed by atoms with van der Waals surface area (Å²) in [6.45, 7) is 0.204. The number of aromatic nitrogens is 1. The molecular formula is C15H16N2O4. The van der Waals surface area contributed by atoms with Gasteiger partial charge in [0.1, 0.15) is 6.61 Å². The van der Waals surface area contributed by atoms with E-state index in [0.29, 0.717) is 11.6 Å². The summed E-state index contributed by atoms with van der Waals surface area (Å²) in [6, 6.07) is 10.9. The number of hydrogen-bond donors (Lipinski definition) is 3. The van der Waals surface area contributed by atoms with Crippen molar-refractivity contribution in [3.8, 4) is 5.88 Å². The van der Waals surface area contributed by atoms with Gasteiger partial charge in [-0.05, 0) is 29.3 Å². The standard InChI is InChI=1S/C15H16N2O4/c18-9-10-20-15-8-5-13(11-16-15)2-1-12-3-6-14(7-4-12)17-21-19/h1-8,11,17-19H,9-10H2/b2-1+. The third-order valence-electron chi connectivity index (χ3n) is 2.64. The van der Waals surface area contributed by atoms with E-state index in [1.54, 1.807) is 24.4 Å². The zero-order valence-electron chi connectivity index (χ0n) is 11.3. The molecule has 2 aromatic rings. The van der Waals surface area contributed by atoms with E-state index in [2.05, 4.69) is 15.5 Å². The number of nitrogens with one attached hydrogen (secondary N) is 1. The van der Waals surface area contributed by atoms with Crippen molar-refractivity contribution in [1.82, 2.24) is 4.98 Å². The molecule has 21 heavy (non-hydrogen) atoms. The van der Waals surface area contributed by atoms with E-state index >= 15 is 0 Å². The number of anilines is 1. The third-order valence-corrected chi connectivity index (χ3v) is 2.64. The molecule has 0 atom stereocenters. The normalized spacial score (nSPS) is 10.8. The summed E-state index contributed by atoms with van der Waals surface area (Å²) in [6.07, 6.45) is 5.56. The first-order valence-electron chi connectivity index (χ1n) is 6.36. The highest BCUT2D eigenvalue weighted by molar-refractivity contribution is 5.70. The zero-order valence-corrected chi connectivity index (χ0v) is 11.3. The molecule has 1 aromatic carbocycles. The van der Waals surface area contributed by atoms with Gasteiger partial charge >= 0.3 is 0 Å². The van der Waals surface area contributed by atoms with Crippen LogP contribution >= 0.6 is 0 Å². The SMILES string of the molecule is OCCOc1ccc(/C=C/c2ccc(NOO)cc2)cn1.